The van der Waals surface area contributed by atoms with Crippen LogP contribution in [0.25, 0.3) is 0 Å². The molecule has 0 aliphatic rings. The van der Waals surface area contributed by atoms with Crippen molar-refractivity contribution in [1.82, 2.24) is 16.0 Å². The van der Waals surface area contributed by atoms with E-state index in [1.807, 2.05) is 60.7 Å². The SMILES string of the molecule is CC[C@](Cc1ccccc1)(NC(=O)OCc1ccccc1)C(=O)NC(C)(C)C(=O)NC(C)(C)C(=O)OC(C)(C)C. The van der Waals surface area contributed by atoms with Gasteiger partial charge in [0.1, 0.15) is 28.8 Å². The quantitative estimate of drug-likeness (QED) is 0.354. The highest BCUT2D eigenvalue weighted by Crippen LogP contribution is 2.22. The first kappa shape index (κ1) is 32.3. The molecule has 0 heterocycles. The van der Waals surface area contributed by atoms with E-state index < -0.39 is 46.1 Å². The number of rotatable bonds is 11. The van der Waals surface area contributed by atoms with E-state index in [1.165, 1.54) is 27.7 Å². The lowest BCUT2D eigenvalue weighted by Gasteiger charge is -2.37. The number of benzene rings is 2. The van der Waals surface area contributed by atoms with Crippen molar-refractivity contribution >= 4 is 23.9 Å². The highest BCUT2D eigenvalue weighted by Gasteiger charge is 2.44. The monoisotopic (exact) mass is 553 g/mol. The number of nitrogens with one attached hydrogen (secondary N) is 3. The number of esters is 1. The maximum Gasteiger partial charge on any atom is 0.408 e. The molecule has 0 fully saturated rings. The van der Waals surface area contributed by atoms with E-state index >= 15 is 0 Å². The Balaban J connectivity index is 2.25. The topological polar surface area (TPSA) is 123 Å². The summed E-state index contributed by atoms with van der Waals surface area (Å²) in [6, 6.07) is 18.5. The molecule has 0 aliphatic heterocycles. The second-order valence-electron chi connectivity index (χ2n) is 11.9. The second-order valence-corrected chi connectivity index (χ2v) is 11.9. The molecule has 3 amide bonds. The van der Waals surface area contributed by atoms with Gasteiger partial charge in [-0.25, -0.2) is 9.59 Å². The van der Waals surface area contributed by atoms with Gasteiger partial charge in [-0.05, 0) is 66.0 Å². The average Bonchev–Trinajstić information content (AvgIpc) is 2.86. The largest absolute Gasteiger partial charge is 0.458 e. The summed E-state index contributed by atoms with van der Waals surface area (Å²) in [6.45, 7) is 13.2. The molecule has 218 valence electrons. The summed E-state index contributed by atoms with van der Waals surface area (Å²) < 4.78 is 10.9. The van der Waals surface area contributed by atoms with Crippen LogP contribution in [0.15, 0.2) is 60.7 Å². The smallest absolute Gasteiger partial charge is 0.408 e. The van der Waals surface area contributed by atoms with Gasteiger partial charge in [-0.2, -0.15) is 0 Å². The van der Waals surface area contributed by atoms with Crippen LogP contribution in [0.1, 0.15) is 72.9 Å². The molecule has 0 aromatic heterocycles. The van der Waals surface area contributed by atoms with Crippen molar-refractivity contribution in [3.8, 4) is 0 Å². The van der Waals surface area contributed by atoms with E-state index in [0.29, 0.717) is 0 Å². The lowest BCUT2D eigenvalue weighted by molar-refractivity contribution is -0.163. The van der Waals surface area contributed by atoms with Crippen LogP contribution < -0.4 is 16.0 Å². The van der Waals surface area contributed by atoms with Gasteiger partial charge < -0.3 is 25.4 Å². The molecule has 9 heteroatoms. The third-order valence-corrected chi connectivity index (χ3v) is 6.27. The fourth-order valence-electron chi connectivity index (χ4n) is 3.81. The van der Waals surface area contributed by atoms with Gasteiger partial charge in [0.2, 0.25) is 11.8 Å². The molecule has 2 rings (SSSR count). The normalized spacial score (nSPS) is 13.4. The van der Waals surface area contributed by atoms with E-state index in [2.05, 4.69) is 16.0 Å². The Bertz CT molecular complexity index is 1170. The number of hydrogen-bond donors (Lipinski definition) is 3. The van der Waals surface area contributed by atoms with Crippen LogP contribution in [0.5, 0.6) is 0 Å². The van der Waals surface area contributed by atoms with Gasteiger partial charge in [0, 0.05) is 6.42 Å². The van der Waals surface area contributed by atoms with E-state index in [-0.39, 0.29) is 19.4 Å². The van der Waals surface area contributed by atoms with Gasteiger partial charge in [0.05, 0.1) is 0 Å². The third-order valence-electron chi connectivity index (χ3n) is 6.27. The Morgan fingerprint density at radius 2 is 1.18 bits per heavy atom. The first-order valence-electron chi connectivity index (χ1n) is 13.4. The summed E-state index contributed by atoms with van der Waals surface area (Å²) >= 11 is 0. The number of hydrogen-bond acceptors (Lipinski definition) is 6. The van der Waals surface area contributed by atoms with Gasteiger partial charge >= 0.3 is 12.1 Å². The van der Waals surface area contributed by atoms with Crippen molar-refractivity contribution in [2.24, 2.45) is 0 Å². The minimum absolute atomic E-state index is 0.0348. The minimum atomic E-state index is -1.44. The summed E-state index contributed by atoms with van der Waals surface area (Å²) in [6.07, 6.45) is -0.377. The highest BCUT2D eigenvalue weighted by molar-refractivity contribution is 5.97. The van der Waals surface area contributed by atoms with Crippen LogP contribution in [0.3, 0.4) is 0 Å². The molecular formula is C31H43N3O6. The number of carbonyl (C=O) groups is 4. The van der Waals surface area contributed by atoms with Crippen molar-refractivity contribution < 1.29 is 28.7 Å². The van der Waals surface area contributed by atoms with Gasteiger partial charge in [0.15, 0.2) is 0 Å². The predicted molar refractivity (Wildman–Crippen MR) is 153 cm³/mol. The van der Waals surface area contributed by atoms with E-state index in [1.54, 1.807) is 27.7 Å². The Morgan fingerprint density at radius 3 is 1.68 bits per heavy atom. The molecule has 2 aromatic carbocycles. The standard InChI is InChI=1S/C31H43N3O6/c1-9-31(20-22-16-12-10-13-17-22,34-27(38)39-21-23-18-14-11-15-19-23)25(36)33-29(5,6)24(35)32-30(7,8)26(37)40-28(2,3)4/h10-19H,9,20-21H2,1-8H3,(H,32,35)(H,33,36)(H,34,38)/t31-/m1/s1. The summed E-state index contributed by atoms with van der Waals surface area (Å²) in [5.74, 6) is -1.76. The summed E-state index contributed by atoms with van der Waals surface area (Å²) in [4.78, 5) is 52.8. The summed E-state index contributed by atoms with van der Waals surface area (Å²) in [7, 11) is 0. The predicted octanol–water partition coefficient (Wildman–Crippen LogP) is 4.44. The Kier molecular flexibility index (Phi) is 10.5. The molecule has 3 N–H and O–H groups in total. The van der Waals surface area contributed by atoms with E-state index in [0.717, 1.165) is 11.1 Å². The van der Waals surface area contributed by atoms with Crippen molar-refractivity contribution in [3.05, 3.63) is 71.8 Å². The maximum atomic E-state index is 13.9. The van der Waals surface area contributed by atoms with Crippen LogP contribution in [-0.4, -0.2) is 46.1 Å². The number of alkyl carbamates (subject to hydrolysis) is 1. The van der Waals surface area contributed by atoms with Crippen molar-refractivity contribution in [2.75, 3.05) is 0 Å². The molecule has 40 heavy (non-hydrogen) atoms. The number of ether oxygens (including phenoxy) is 2. The Morgan fingerprint density at radius 1 is 0.675 bits per heavy atom. The van der Waals surface area contributed by atoms with Crippen molar-refractivity contribution in [2.45, 2.75) is 97.1 Å². The van der Waals surface area contributed by atoms with Crippen LogP contribution in [0, 0.1) is 0 Å². The summed E-state index contributed by atoms with van der Waals surface area (Å²) in [5, 5.41) is 8.24. The fourth-order valence-corrected chi connectivity index (χ4v) is 3.81. The molecule has 0 unspecified atom stereocenters. The van der Waals surface area contributed by atoms with E-state index in [4.69, 9.17) is 9.47 Å². The second kappa shape index (κ2) is 13.0. The van der Waals surface area contributed by atoms with Crippen LogP contribution in [0.2, 0.25) is 0 Å². The zero-order valence-electron chi connectivity index (χ0n) is 24.8. The van der Waals surface area contributed by atoms with E-state index in [9.17, 15) is 19.2 Å². The highest BCUT2D eigenvalue weighted by atomic mass is 16.6. The fraction of sp³-hybridized carbons (Fsp3) is 0.484. The van der Waals surface area contributed by atoms with Gasteiger partial charge in [-0.1, -0.05) is 67.6 Å². The molecule has 0 spiro atoms. The molecule has 0 aliphatic carbocycles. The maximum absolute atomic E-state index is 13.9. The van der Waals surface area contributed by atoms with Crippen molar-refractivity contribution in [1.29, 1.82) is 0 Å². The molecule has 2 aromatic rings. The van der Waals surface area contributed by atoms with Crippen LogP contribution >= 0.6 is 0 Å². The molecule has 0 saturated carbocycles. The zero-order valence-corrected chi connectivity index (χ0v) is 24.8. The van der Waals surface area contributed by atoms with Crippen molar-refractivity contribution in [3.63, 3.8) is 0 Å². The zero-order chi connectivity index (χ0) is 30.2. The minimum Gasteiger partial charge on any atom is -0.458 e. The lowest BCUT2D eigenvalue weighted by Crippen LogP contribution is -2.67. The van der Waals surface area contributed by atoms with Crippen LogP contribution in [-0.2, 0) is 36.9 Å². The first-order chi connectivity index (χ1) is 18.5. The molecular weight excluding hydrogens is 510 g/mol. The summed E-state index contributed by atoms with van der Waals surface area (Å²) in [5.41, 5.74) is -3.33. The molecule has 0 radical (unpaired) electrons. The van der Waals surface area contributed by atoms with Gasteiger partial charge in [-0.15, -0.1) is 0 Å². The molecule has 1 atom stereocenters. The first-order valence-corrected chi connectivity index (χ1v) is 13.4. The molecule has 9 nitrogen and oxygen atoms in total. The van der Waals surface area contributed by atoms with Gasteiger partial charge in [0.25, 0.3) is 0 Å². The Hall–Kier alpha value is -3.88. The van der Waals surface area contributed by atoms with Gasteiger partial charge in [-0.3, -0.25) is 9.59 Å². The molecule has 0 saturated heterocycles. The number of amides is 3. The third kappa shape index (κ3) is 9.39. The Labute approximate surface area is 237 Å². The number of carbonyl (C=O) groups excluding carboxylic acids is 4. The average molecular weight is 554 g/mol. The molecule has 0 bridgehead atoms. The lowest BCUT2D eigenvalue weighted by atomic mass is 9.86. The van der Waals surface area contributed by atoms with Crippen LogP contribution in [0.4, 0.5) is 4.79 Å².